The molecule has 0 aliphatic carbocycles. The maximum atomic E-state index is 12.3. The summed E-state index contributed by atoms with van der Waals surface area (Å²) in [6, 6.07) is 0. The van der Waals surface area contributed by atoms with Crippen LogP contribution in [0.1, 0.15) is 17.6 Å². The number of aromatic nitrogens is 1. The van der Waals surface area contributed by atoms with Gasteiger partial charge in [-0.15, -0.1) is 0 Å². The lowest BCUT2D eigenvalue weighted by Gasteiger charge is -2.06. The largest absolute Gasteiger partial charge is 0.266 e. The molecule has 0 spiro atoms. The molecular weight excluding hydrogens is 390 g/mol. The summed E-state index contributed by atoms with van der Waals surface area (Å²) < 4.78 is 26.0. The van der Waals surface area contributed by atoms with Crippen molar-refractivity contribution in [2.45, 2.75) is 13.3 Å². The predicted molar refractivity (Wildman–Crippen MR) is 59.4 cm³/mol. The lowest BCUT2D eigenvalue weighted by atomic mass is 10.2. The topological polar surface area (TPSA) is 12.9 Å². The van der Waals surface area contributed by atoms with E-state index in [1.165, 1.54) is 6.20 Å². The second kappa shape index (κ2) is 4.12. The molecule has 0 aromatic carbocycles. The third-order valence-corrected chi connectivity index (χ3v) is 3.96. The summed E-state index contributed by atoms with van der Waals surface area (Å²) in [5.74, 6) is 0. The third kappa shape index (κ3) is 2.04. The van der Waals surface area contributed by atoms with Crippen molar-refractivity contribution in [3.63, 3.8) is 0 Å². The fourth-order valence-corrected chi connectivity index (χ4v) is 2.29. The minimum atomic E-state index is -2.43. The molecule has 12 heavy (non-hydrogen) atoms. The van der Waals surface area contributed by atoms with Crippen LogP contribution in [0.3, 0.4) is 0 Å². The normalized spacial score (nSPS) is 10.8. The van der Waals surface area contributed by atoms with Crippen LogP contribution in [0.25, 0.3) is 0 Å². The molecule has 0 atom stereocenters. The molecule has 0 radical (unpaired) electrons. The van der Waals surface area contributed by atoms with Crippen LogP contribution in [0.15, 0.2) is 6.20 Å². The third-order valence-electron chi connectivity index (χ3n) is 1.44. The first kappa shape index (κ1) is 10.6. The van der Waals surface area contributed by atoms with Gasteiger partial charge in [0.05, 0.1) is 0 Å². The highest BCUT2D eigenvalue weighted by Crippen LogP contribution is 2.27. The minimum absolute atomic E-state index is 0.0218. The fraction of sp³-hybridized carbons (Fsp3) is 0.286. The van der Waals surface area contributed by atoms with Crippen LogP contribution >= 0.6 is 45.2 Å². The van der Waals surface area contributed by atoms with E-state index in [0.717, 1.165) is 9.26 Å². The van der Waals surface area contributed by atoms with Gasteiger partial charge in [0, 0.05) is 15.3 Å². The highest BCUT2D eigenvalue weighted by atomic mass is 127. The molecular formula is C7H5F2I2N. The van der Waals surface area contributed by atoms with Crippen molar-refractivity contribution in [2.24, 2.45) is 0 Å². The van der Waals surface area contributed by atoms with Gasteiger partial charge >= 0.3 is 0 Å². The lowest BCUT2D eigenvalue weighted by molar-refractivity contribution is 0.150. The van der Waals surface area contributed by atoms with Crippen LogP contribution < -0.4 is 0 Å². The molecule has 0 amide bonds. The van der Waals surface area contributed by atoms with Crippen molar-refractivity contribution in [2.75, 3.05) is 0 Å². The number of halogens is 4. The molecule has 0 saturated heterocycles. The van der Waals surface area contributed by atoms with Crippen molar-refractivity contribution in [3.05, 3.63) is 24.6 Å². The minimum Gasteiger partial charge on any atom is -0.249 e. The molecule has 0 N–H and O–H groups in total. The Kier molecular flexibility index (Phi) is 3.62. The van der Waals surface area contributed by atoms with E-state index < -0.39 is 6.43 Å². The highest BCUT2D eigenvalue weighted by molar-refractivity contribution is 14.1. The smallest absolute Gasteiger partial charge is 0.249 e. The Morgan fingerprint density at radius 3 is 2.50 bits per heavy atom. The van der Waals surface area contributed by atoms with E-state index in [1.807, 2.05) is 45.2 Å². The number of rotatable bonds is 1. The Morgan fingerprint density at radius 2 is 2.00 bits per heavy atom. The zero-order valence-corrected chi connectivity index (χ0v) is 10.4. The van der Waals surface area contributed by atoms with Gasteiger partial charge in [0.25, 0.3) is 6.43 Å². The SMILES string of the molecule is Cc1c(I)ncc(C(F)F)c1I. The summed E-state index contributed by atoms with van der Waals surface area (Å²) in [6.07, 6.45) is -1.19. The van der Waals surface area contributed by atoms with Gasteiger partial charge in [-0.25, -0.2) is 13.8 Å². The number of pyridine rings is 1. The molecule has 1 heterocycles. The van der Waals surface area contributed by atoms with E-state index >= 15 is 0 Å². The van der Waals surface area contributed by atoms with Crippen LogP contribution in [0.5, 0.6) is 0 Å². The van der Waals surface area contributed by atoms with Crippen LogP contribution in [-0.2, 0) is 0 Å². The Balaban J connectivity index is 3.27. The summed E-state index contributed by atoms with van der Waals surface area (Å²) in [4.78, 5) is 3.86. The zero-order chi connectivity index (χ0) is 9.30. The number of hydrogen-bond acceptors (Lipinski definition) is 1. The number of hydrogen-bond donors (Lipinski definition) is 0. The Labute approximate surface area is 96.2 Å². The molecule has 0 bridgehead atoms. The Morgan fingerprint density at radius 1 is 1.42 bits per heavy atom. The average Bonchev–Trinajstić information content (AvgIpc) is 2.00. The molecule has 5 heteroatoms. The first-order valence-electron chi connectivity index (χ1n) is 3.12. The molecule has 1 aromatic rings. The van der Waals surface area contributed by atoms with Crippen LogP contribution in [0, 0.1) is 14.2 Å². The van der Waals surface area contributed by atoms with Gasteiger partial charge in [-0.1, -0.05) is 0 Å². The van der Waals surface area contributed by atoms with Gasteiger partial charge in [-0.3, -0.25) is 0 Å². The van der Waals surface area contributed by atoms with Crippen molar-refractivity contribution in [1.82, 2.24) is 4.98 Å². The Bertz CT molecular complexity index is 302. The van der Waals surface area contributed by atoms with Gasteiger partial charge in [-0.2, -0.15) is 0 Å². The second-order valence-electron chi connectivity index (χ2n) is 2.24. The summed E-state index contributed by atoms with van der Waals surface area (Å²) in [5.41, 5.74) is 0.850. The molecule has 0 aliphatic rings. The van der Waals surface area contributed by atoms with Crippen LogP contribution in [-0.4, -0.2) is 4.98 Å². The molecule has 66 valence electrons. The monoisotopic (exact) mass is 395 g/mol. The molecule has 0 aliphatic heterocycles. The van der Waals surface area contributed by atoms with Crippen molar-refractivity contribution < 1.29 is 8.78 Å². The van der Waals surface area contributed by atoms with E-state index in [1.54, 1.807) is 6.92 Å². The van der Waals surface area contributed by atoms with E-state index in [-0.39, 0.29) is 5.56 Å². The first-order chi connectivity index (χ1) is 5.54. The van der Waals surface area contributed by atoms with Gasteiger partial charge in [0.1, 0.15) is 3.70 Å². The van der Waals surface area contributed by atoms with Crippen LogP contribution in [0.4, 0.5) is 8.78 Å². The second-order valence-corrected chi connectivity index (χ2v) is 4.34. The van der Waals surface area contributed by atoms with Gasteiger partial charge in [0.2, 0.25) is 0 Å². The van der Waals surface area contributed by atoms with Gasteiger partial charge in [-0.05, 0) is 57.7 Å². The quantitative estimate of drug-likeness (QED) is 0.524. The number of nitrogens with zero attached hydrogens (tertiary/aromatic N) is 1. The highest BCUT2D eigenvalue weighted by Gasteiger charge is 2.14. The maximum Gasteiger partial charge on any atom is 0.266 e. The summed E-state index contributed by atoms with van der Waals surface area (Å²) in [6.45, 7) is 1.79. The Hall–Kier alpha value is 0.470. The first-order valence-corrected chi connectivity index (χ1v) is 5.28. The van der Waals surface area contributed by atoms with Crippen LogP contribution in [0.2, 0.25) is 0 Å². The van der Waals surface area contributed by atoms with E-state index in [4.69, 9.17) is 0 Å². The average molecular weight is 395 g/mol. The molecule has 0 fully saturated rings. The van der Waals surface area contributed by atoms with E-state index in [9.17, 15) is 8.78 Å². The number of alkyl halides is 2. The van der Waals surface area contributed by atoms with Crippen molar-refractivity contribution >= 4 is 45.2 Å². The lowest BCUT2D eigenvalue weighted by Crippen LogP contribution is -1.97. The van der Waals surface area contributed by atoms with E-state index in [2.05, 4.69) is 4.98 Å². The zero-order valence-electron chi connectivity index (χ0n) is 6.11. The van der Waals surface area contributed by atoms with E-state index in [0.29, 0.717) is 3.57 Å². The maximum absolute atomic E-state index is 12.3. The molecule has 1 rings (SSSR count). The predicted octanol–water partition coefficient (Wildman–Crippen LogP) is 3.54. The fourth-order valence-electron chi connectivity index (χ4n) is 0.739. The molecule has 0 saturated carbocycles. The van der Waals surface area contributed by atoms with Crippen molar-refractivity contribution in [3.8, 4) is 0 Å². The molecule has 0 unspecified atom stereocenters. The summed E-state index contributed by atoms with van der Waals surface area (Å²) >= 11 is 3.95. The standard InChI is InChI=1S/C7H5F2I2N/c1-3-5(10)4(6(8)9)2-12-7(3)11/h2,6H,1H3. The van der Waals surface area contributed by atoms with Gasteiger partial charge in [0.15, 0.2) is 0 Å². The molecule has 1 nitrogen and oxygen atoms in total. The summed E-state index contributed by atoms with van der Waals surface area (Å²) in [7, 11) is 0. The van der Waals surface area contributed by atoms with Crippen molar-refractivity contribution in [1.29, 1.82) is 0 Å². The van der Waals surface area contributed by atoms with Gasteiger partial charge < -0.3 is 0 Å². The summed E-state index contributed by atoms with van der Waals surface area (Å²) in [5, 5.41) is 0. The molecule has 1 aromatic heterocycles.